The van der Waals surface area contributed by atoms with E-state index in [1.165, 1.54) is 0 Å². The highest BCUT2D eigenvalue weighted by Gasteiger charge is 2.21. The van der Waals surface area contributed by atoms with Gasteiger partial charge in [0, 0.05) is 18.8 Å². The first kappa shape index (κ1) is 11.6. The van der Waals surface area contributed by atoms with Crippen LogP contribution in [0.15, 0.2) is 18.2 Å². The van der Waals surface area contributed by atoms with E-state index in [-0.39, 0.29) is 5.69 Å². The molecule has 0 aliphatic carbocycles. The van der Waals surface area contributed by atoms with Crippen molar-refractivity contribution in [3.63, 3.8) is 0 Å². The molecule has 0 aliphatic rings. The molecule has 3 aromatic rings. The van der Waals surface area contributed by atoms with Crippen molar-refractivity contribution >= 4 is 22.8 Å². The van der Waals surface area contributed by atoms with Crippen LogP contribution in [0.2, 0.25) is 0 Å². The van der Waals surface area contributed by atoms with Gasteiger partial charge in [-0.25, -0.2) is 9.78 Å². The molecule has 0 saturated heterocycles. The van der Waals surface area contributed by atoms with E-state index < -0.39 is 5.97 Å². The van der Waals surface area contributed by atoms with Gasteiger partial charge in [0.1, 0.15) is 5.75 Å². The zero-order chi connectivity index (χ0) is 13.7. The van der Waals surface area contributed by atoms with E-state index >= 15 is 0 Å². The largest absolute Gasteiger partial charge is 0.497 e. The first-order valence-electron chi connectivity index (χ1n) is 5.79. The number of carbonyl (C=O) groups is 1. The summed E-state index contributed by atoms with van der Waals surface area (Å²) in [5.74, 6) is 0.315. The predicted octanol–water partition coefficient (Wildman–Crippen LogP) is 1.84. The molecule has 6 nitrogen and oxygen atoms in total. The van der Waals surface area contributed by atoms with Gasteiger partial charge in [-0.3, -0.25) is 4.40 Å². The molecule has 1 N–H and O–H groups in total. The van der Waals surface area contributed by atoms with Gasteiger partial charge in [-0.15, -0.1) is 0 Å². The van der Waals surface area contributed by atoms with Crippen molar-refractivity contribution in [1.29, 1.82) is 0 Å². The van der Waals surface area contributed by atoms with Crippen LogP contribution in [0.5, 0.6) is 5.75 Å². The number of nitrogens with zero attached hydrogens (tertiary/aromatic N) is 3. The summed E-state index contributed by atoms with van der Waals surface area (Å²) in [7, 11) is 3.38. The summed E-state index contributed by atoms with van der Waals surface area (Å²) in [6.07, 6.45) is 0. The molecular formula is C13H13N3O3. The van der Waals surface area contributed by atoms with Gasteiger partial charge >= 0.3 is 5.97 Å². The maximum atomic E-state index is 11.5. The van der Waals surface area contributed by atoms with Crippen molar-refractivity contribution < 1.29 is 14.6 Å². The smallest absolute Gasteiger partial charge is 0.354 e. The number of fused-ring (bicyclic) bond motifs is 3. The normalized spacial score (nSPS) is 11.3. The lowest BCUT2D eigenvalue weighted by atomic mass is 10.3. The molecule has 1 aromatic carbocycles. The average molecular weight is 259 g/mol. The number of ether oxygens (including phenoxy) is 1. The van der Waals surface area contributed by atoms with Crippen LogP contribution in [0.3, 0.4) is 0 Å². The van der Waals surface area contributed by atoms with Gasteiger partial charge in [0.05, 0.1) is 18.1 Å². The zero-order valence-electron chi connectivity index (χ0n) is 10.8. The number of hydrogen-bond donors (Lipinski definition) is 1. The third kappa shape index (κ3) is 1.43. The molecule has 3 rings (SSSR count). The second-order valence-corrected chi connectivity index (χ2v) is 4.40. The number of carboxylic acid groups (broad SMARTS) is 1. The average Bonchev–Trinajstić information content (AvgIpc) is 2.86. The number of aryl methyl sites for hydroxylation is 1. The topological polar surface area (TPSA) is 68.8 Å². The summed E-state index contributed by atoms with van der Waals surface area (Å²) in [6, 6.07) is 5.42. The number of carboxylic acids is 1. The van der Waals surface area contributed by atoms with E-state index in [4.69, 9.17) is 4.74 Å². The molecule has 19 heavy (non-hydrogen) atoms. The standard InChI is InChI=1S/C13H13N3O3/c1-7-11(12(17)18)16-10-6-8(19-3)4-5-9(10)14-13(16)15(7)2/h4-6H,1-3H3,(H,17,18). The van der Waals surface area contributed by atoms with E-state index in [0.717, 1.165) is 11.0 Å². The summed E-state index contributed by atoms with van der Waals surface area (Å²) in [4.78, 5) is 15.9. The van der Waals surface area contributed by atoms with Crippen LogP contribution in [-0.2, 0) is 7.05 Å². The van der Waals surface area contributed by atoms with E-state index in [1.807, 2.05) is 12.1 Å². The van der Waals surface area contributed by atoms with Crippen molar-refractivity contribution in [1.82, 2.24) is 14.0 Å². The van der Waals surface area contributed by atoms with Crippen LogP contribution >= 0.6 is 0 Å². The predicted molar refractivity (Wildman–Crippen MR) is 69.9 cm³/mol. The van der Waals surface area contributed by atoms with Gasteiger partial charge in [0.2, 0.25) is 5.78 Å². The minimum absolute atomic E-state index is 0.230. The maximum Gasteiger partial charge on any atom is 0.354 e. The van der Waals surface area contributed by atoms with E-state index in [9.17, 15) is 9.90 Å². The zero-order valence-corrected chi connectivity index (χ0v) is 10.8. The van der Waals surface area contributed by atoms with Crippen LogP contribution in [0, 0.1) is 6.92 Å². The maximum absolute atomic E-state index is 11.5. The van der Waals surface area contributed by atoms with Crippen LogP contribution in [-0.4, -0.2) is 32.1 Å². The first-order chi connectivity index (χ1) is 9.04. The lowest BCUT2D eigenvalue weighted by Gasteiger charge is -2.00. The van der Waals surface area contributed by atoms with Crippen molar-refractivity contribution in [3.8, 4) is 5.75 Å². The van der Waals surface area contributed by atoms with Crippen LogP contribution < -0.4 is 4.74 Å². The Kier molecular flexibility index (Phi) is 2.28. The fourth-order valence-electron chi connectivity index (χ4n) is 2.34. The Bertz CT molecular complexity index is 814. The fourth-order valence-corrected chi connectivity index (χ4v) is 2.34. The monoisotopic (exact) mass is 259 g/mol. The Morgan fingerprint density at radius 3 is 2.79 bits per heavy atom. The quantitative estimate of drug-likeness (QED) is 0.762. The highest BCUT2D eigenvalue weighted by atomic mass is 16.5. The molecule has 0 unspecified atom stereocenters. The molecule has 0 aliphatic heterocycles. The van der Waals surface area contributed by atoms with Crippen LogP contribution in [0.25, 0.3) is 16.8 Å². The van der Waals surface area contributed by atoms with Crippen LogP contribution in [0.4, 0.5) is 0 Å². The Labute approximate surface area is 108 Å². The van der Waals surface area contributed by atoms with Crippen molar-refractivity contribution in [2.24, 2.45) is 7.05 Å². The van der Waals surface area contributed by atoms with Gasteiger partial charge in [0.25, 0.3) is 0 Å². The second kappa shape index (κ2) is 3.74. The minimum atomic E-state index is -0.967. The molecule has 98 valence electrons. The third-order valence-corrected chi connectivity index (χ3v) is 3.42. The third-order valence-electron chi connectivity index (χ3n) is 3.42. The van der Waals surface area contributed by atoms with Gasteiger partial charge in [-0.05, 0) is 19.1 Å². The Balaban J connectivity index is 2.53. The number of aromatic carboxylic acids is 1. The molecule has 2 heterocycles. The summed E-state index contributed by atoms with van der Waals surface area (Å²) in [6.45, 7) is 1.77. The minimum Gasteiger partial charge on any atom is -0.497 e. The van der Waals surface area contributed by atoms with Crippen molar-refractivity contribution in [3.05, 3.63) is 29.6 Å². The van der Waals surface area contributed by atoms with E-state index in [2.05, 4.69) is 4.98 Å². The highest BCUT2D eigenvalue weighted by molar-refractivity contribution is 5.92. The lowest BCUT2D eigenvalue weighted by Crippen LogP contribution is -2.03. The van der Waals surface area contributed by atoms with Gasteiger partial charge < -0.3 is 14.4 Å². The number of benzene rings is 1. The lowest BCUT2D eigenvalue weighted by molar-refractivity contribution is 0.0688. The Morgan fingerprint density at radius 1 is 1.42 bits per heavy atom. The molecule has 2 aromatic heterocycles. The number of rotatable bonds is 2. The number of methoxy groups -OCH3 is 1. The van der Waals surface area contributed by atoms with Crippen molar-refractivity contribution in [2.45, 2.75) is 6.92 Å². The Hall–Kier alpha value is -2.50. The molecule has 0 saturated carbocycles. The molecule has 0 radical (unpaired) electrons. The molecule has 0 atom stereocenters. The summed E-state index contributed by atoms with van der Waals surface area (Å²) < 4.78 is 8.60. The van der Waals surface area contributed by atoms with Gasteiger partial charge in [0.15, 0.2) is 5.69 Å². The molecule has 0 spiro atoms. The van der Waals surface area contributed by atoms with Gasteiger partial charge in [-0.2, -0.15) is 0 Å². The van der Waals surface area contributed by atoms with Gasteiger partial charge in [-0.1, -0.05) is 0 Å². The molecule has 0 amide bonds. The fraction of sp³-hybridized carbons (Fsp3) is 0.231. The number of aromatic nitrogens is 3. The van der Waals surface area contributed by atoms with Crippen LogP contribution in [0.1, 0.15) is 16.2 Å². The SMILES string of the molecule is COc1ccc2nc3n(C)c(C)c(C(=O)O)n3c2c1. The van der Waals surface area contributed by atoms with Crippen molar-refractivity contribution in [2.75, 3.05) is 7.11 Å². The second-order valence-electron chi connectivity index (χ2n) is 4.40. The van der Waals surface area contributed by atoms with E-state index in [1.54, 1.807) is 36.1 Å². The van der Waals surface area contributed by atoms with E-state index in [0.29, 0.717) is 17.2 Å². The summed E-state index contributed by atoms with van der Waals surface area (Å²) in [5, 5.41) is 9.39. The molecule has 6 heteroatoms. The Morgan fingerprint density at radius 2 is 2.16 bits per heavy atom. The summed E-state index contributed by atoms with van der Waals surface area (Å²) in [5.41, 5.74) is 2.37. The molecular weight excluding hydrogens is 246 g/mol. The summed E-state index contributed by atoms with van der Waals surface area (Å²) >= 11 is 0. The first-order valence-corrected chi connectivity index (χ1v) is 5.79. The molecule has 0 bridgehead atoms. The number of hydrogen-bond acceptors (Lipinski definition) is 3. The molecule has 0 fully saturated rings. The highest BCUT2D eigenvalue weighted by Crippen LogP contribution is 2.25. The number of imidazole rings is 2.